The van der Waals surface area contributed by atoms with Crippen LogP contribution in [0.4, 0.5) is 21.5 Å². The summed E-state index contributed by atoms with van der Waals surface area (Å²) in [6, 6.07) is 12.9. The summed E-state index contributed by atoms with van der Waals surface area (Å²) in [5, 5.41) is 1.66. The molecular weight excluding hydrogens is 321 g/mol. The van der Waals surface area contributed by atoms with Gasteiger partial charge in [0.05, 0.1) is 11.4 Å². The fraction of sp³-hybridized carbons (Fsp3) is 0.200. The minimum atomic E-state index is -0.278. The van der Waals surface area contributed by atoms with Crippen molar-refractivity contribution in [3.8, 4) is 0 Å². The second-order valence-corrected chi connectivity index (χ2v) is 5.62. The molecule has 20 heavy (non-hydrogen) atoms. The Kier molecular flexibility index (Phi) is 4.49. The molecule has 3 nitrogen and oxygen atoms in total. The van der Waals surface area contributed by atoms with Crippen LogP contribution < -0.4 is 15.3 Å². The molecule has 0 fully saturated rings. The molecule has 0 saturated heterocycles. The maximum atomic E-state index is 13.9. The summed E-state index contributed by atoms with van der Waals surface area (Å²) in [5.74, 6) is -0.278. The summed E-state index contributed by atoms with van der Waals surface area (Å²) in [5.41, 5.74) is 5.66. The standard InChI is InChI=1S/C15H17BrFN3/c1-19(2)13-7-5-12(6-8-13)18-20(3)15-9-4-11(16)10-14(15)17/h4-10,18H,1-3H3. The number of anilines is 3. The van der Waals surface area contributed by atoms with Gasteiger partial charge in [0.15, 0.2) is 0 Å². The van der Waals surface area contributed by atoms with Crippen LogP contribution >= 0.6 is 15.9 Å². The molecule has 2 rings (SSSR count). The van der Waals surface area contributed by atoms with Crippen molar-refractivity contribution < 1.29 is 4.39 Å². The summed E-state index contributed by atoms with van der Waals surface area (Å²) in [6.45, 7) is 0. The Morgan fingerprint density at radius 2 is 1.65 bits per heavy atom. The number of nitrogens with one attached hydrogen (secondary N) is 1. The second-order valence-electron chi connectivity index (χ2n) is 4.71. The Labute approximate surface area is 127 Å². The van der Waals surface area contributed by atoms with Crippen molar-refractivity contribution in [3.05, 3.63) is 52.8 Å². The van der Waals surface area contributed by atoms with E-state index in [9.17, 15) is 4.39 Å². The third-order valence-corrected chi connectivity index (χ3v) is 3.44. The molecule has 0 atom stereocenters. The molecule has 5 heteroatoms. The zero-order valence-electron chi connectivity index (χ0n) is 11.7. The molecule has 0 unspecified atom stereocenters. The largest absolute Gasteiger partial charge is 0.378 e. The van der Waals surface area contributed by atoms with E-state index in [1.807, 2.05) is 49.3 Å². The first-order chi connectivity index (χ1) is 9.47. The molecular formula is C15H17BrFN3. The van der Waals surface area contributed by atoms with Crippen molar-refractivity contribution in [2.75, 3.05) is 36.5 Å². The van der Waals surface area contributed by atoms with E-state index in [4.69, 9.17) is 0 Å². The Hall–Kier alpha value is -1.75. The quantitative estimate of drug-likeness (QED) is 0.846. The van der Waals surface area contributed by atoms with Gasteiger partial charge in [-0.05, 0) is 42.5 Å². The third kappa shape index (κ3) is 3.42. The number of rotatable bonds is 4. The lowest BCUT2D eigenvalue weighted by Gasteiger charge is -2.22. The van der Waals surface area contributed by atoms with Crippen LogP contribution in [0.25, 0.3) is 0 Å². The van der Waals surface area contributed by atoms with Crippen LogP contribution in [-0.2, 0) is 0 Å². The van der Waals surface area contributed by atoms with Gasteiger partial charge in [0.25, 0.3) is 0 Å². The highest BCUT2D eigenvalue weighted by molar-refractivity contribution is 9.10. The molecule has 0 bridgehead atoms. The summed E-state index contributed by atoms with van der Waals surface area (Å²) in [7, 11) is 5.77. The summed E-state index contributed by atoms with van der Waals surface area (Å²) in [6.07, 6.45) is 0. The SMILES string of the molecule is CN(C)c1ccc(NN(C)c2ccc(Br)cc2F)cc1. The number of benzene rings is 2. The first-order valence-electron chi connectivity index (χ1n) is 6.20. The van der Waals surface area contributed by atoms with E-state index in [-0.39, 0.29) is 5.82 Å². The number of halogens is 2. The van der Waals surface area contributed by atoms with Gasteiger partial charge in [-0.25, -0.2) is 4.39 Å². The van der Waals surface area contributed by atoms with Crippen LogP contribution in [-0.4, -0.2) is 21.1 Å². The number of hydrazine groups is 1. The first kappa shape index (κ1) is 14.7. The van der Waals surface area contributed by atoms with Gasteiger partial charge in [-0.1, -0.05) is 15.9 Å². The van der Waals surface area contributed by atoms with Crippen molar-refractivity contribution in [1.29, 1.82) is 0 Å². The summed E-state index contributed by atoms with van der Waals surface area (Å²) in [4.78, 5) is 2.03. The highest BCUT2D eigenvalue weighted by Gasteiger charge is 2.08. The Morgan fingerprint density at radius 1 is 1.00 bits per heavy atom. The number of hydrogen-bond acceptors (Lipinski definition) is 3. The fourth-order valence-electron chi connectivity index (χ4n) is 1.84. The third-order valence-electron chi connectivity index (χ3n) is 2.95. The average molecular weight is 338 g/mol. The molecule has 2 aromatic rings. The van der Waals surface area contributed by atoms with Crippen molar-refractivity contribution in [2.24, 2.45) is 0 Å². The van der Waals surface area contributed by atoms with Crippen molar-refractivity contribution in [3.63, 3.8) is 0 Å². The Morgan fingerprint density at radius 3 is 2.20 bits per heavy atom. The molecule has 0 aliphatic heterocycles. The highest BCUT2D eigenvalue weighted by Crippen LogP contribution is 2.23. The monoisotopic (exact) mass is 337 g/mol. The molecule has 1 N–H and O–H groups in total. The van der Waals surface area contributed by atoms with Crippen LogP contribution in [0.1, 0.15) is 0 Å². The van der Waals surface area contributed by atoms with E-state index in [1.165, 1.54) is 6.07 Å². The summed E-state index contributed by atoms with van der Waals surface area (Å²) < 4.78 is 14.6. The van der Waals surface area contributed by atoms with Crippen LogP contribution in [0.5, 0.6) is 0 Å². The smallest absolute Gasteiger partial charge is 0.149 e. The molecule has 0 aromatic heterocycles. The normalized spacial score (nSPS) is 10.2. The number of hydrogen-bond donors (Lipinski definition) is 1. The van der Waals surface area contributed by atoms with E-state index in [1.54, 1.807) is 18.1 Å². The maximum absolute atomic E-state index is 13.9. The van der Waals surface area contributed by atoms with Gasteiger partial charge in [-0.15, -0.1) is 0 Å². The maximum Gasteiger partial charge on any atom is 0.149 e. The molecule has 0 radical (unpaired) electrons. The predicted octanol–water partition coefficient (Wildman–Crippen LogP) is 4.12. The molecule has 0 saturated carbocycles. The molecule has 0 aliphatic rings. The lowest BCUT2D eigenvalue weighted by molar-refractivity contribution is 0.625. The lowest BCUT2D eigenvalue weighted by atomic mass is 10.2. The minimum Gasteiger partial charge on any atom is -0.378 e. The highest BCUT2D eigenvalue weighted by atomic mass is 79.9. The van der Waals surface area contributed by atoms with E-state index < -0.39 is 0 Å². The molecule has 0 spiro atoms. The molecule has 106 valence electrons. The molecule has 2 aromatic carbocycles. The van der Waals surface area contributed by atoms with Crippen LogP contribution in [0.2, 0.25) is 0 Å². The molecule has 0 heterocycles. The minimum absolute atomic E-state index is 0.278. The van der Waals surface area contributed by atoms with Gasteiger partial charge in [0, 0.05) is 31.3 Å². The van der Waals surface area contributed by atoms with Crippen LogP contribution in [0.15, 0.2) is 46.9 Å². The van der Waals surface area contributed by atoms with E-state index >= 15 is 0 Å². The summed E-state index contributed by atoms with van der Waals surface area (Å²) >= 11 is 3.25. The fourth-order valence-corrected chi connectivity index (χ4v) is 2.17. The second kappa shape index (κ2) is 6.13. The Balaban J connectivity index is 2.12. The van der Waals surface area contributed by atoms with E-state index in [0.717, 1.165) is 15.8 Å². The average Bonchev–Trinajstić information content (AvgIpc) is 2.39. The van der Waals surface area contributed by atoms with Crippen molar-refractivity contribution >= 4 is 33.0 Å². The van der Waals surface area contributed by atoms with Crippen molar-refractivity contribution in [2.45, 2.75) is 0 Å². The Bertz CT molecular complexity index is 584. The predicted molar refractivity (Wildman–Crippen MR) is 86.9 cm³/mol. The molecule has 0 aliphatic carbocycles. The zero-order valence-corrected chi connectivity index (χ0v) is 13.3. The van der Waals surface area contributed by atoms with E-state index in [2.05, 4.69) is 21.4 Å². The van der Waals surface area contributed by atoms with Gasteiger partial charge in [0.1, 0.15) is 5.82 Å². The number of nitrogens with zero attached hydrogens (tertiary/aromatic N) is 2. The van der Waals surface area contributed by atoms with Crippen LogP contribution in [0, 0.1) is 5.82 Å². The topological polar surface area (TPSA) is 18.5 Å². The first-order valence-corrected chi connectivity index (χ1v) is 6.99. The van der Waals surface area contributed by atoms with Gasteiger partial charge < -0.3 is 4.90 Å². The van der Waals surface area contributed by atoms with Gasteiger partial charge in [-0.2, -0.15) is 0 Å². The van der Waals surface area contributed by atoms with Gasteiger partial charge in [-0.3, -0.25) is 10.4 Å². The molecule has 0 amide bonds. The van der Waals surface area contributed by atoms with Gasteiger partial charge >= 0.3 is 0 Å². The van der Waals surface area contributed by atoms with Gasteiger partial charge in [0.2, 0.25) is 0 Å². The lowest BCUT2D eigenvalue weighted by Crippen LogP contribution is -2.25. The zero-order chi connectivity index (χ0) is 14.7. The van der Waals surface area contributed by atoms with Crippen LogP contribution in [0.3, 0.4) is 0 Å². The van der Waals surface area contributed by atoms with Crippen molar-refractivity contribution in [1.82, 2.24) is 0 Å². The van der Waals surface area contributed by atoms with E-state index in [0.29, 0.717) is 5.69 Å².